The lowest BCUT2D eigenvalue weighted by Crippen LogP contribution is -2.25. The number of hydrogen-bond acceptors (Lipinski definition) is 4. The first-order valence-electron chi connectivity index (χ1n) is 8.07. The van der Waals surface area contributed by atoms with E-state index in [1.54, 1.807) is 12.2 Å². The van der Waals surface area contributed by atoms with Crippen molar-refractivity contribution in [1.82, 2.24) is 10.2 Å². The minimum Gasteiger partial charge on any atom is -0.490 e. The van der Waals surface area contributed by atoms with Crippen molar-refractivity contribution in [3.05, 3.63) is 29.8 Å². The fraction of sp³-hybridized carbons (Fsp3) is 0.500. The Morgan fingerprint density at radius 3 is 2.52 bits per heavy atom. The van der Waals surface area contributed by atoms with Crippen LogP contribution in [0, 0.1) is 0 Å². The Labute approximate surface area is 139 Å². The van der Waals surface area contributed by atoms with E-state index in [4.69, 9.17) is 9.47 Å². The van der Waals surface area contributed by atoms with Crippen molar-refractivity contribution in [3.8, 4) is 11.5 Å². The van der Waals surface area contributed by atoms with Crippen LogP contribution in [0.4, 0.5) is 0 Å². The first-order valence-corrected chi connectivity index (χ1v) is 8.07. The summed E-state index contributed by atoms with van der Waals surface area (Å²) in [5, 5.41) is 2.87. The van der Waals surface area contributed by atoms with Crippen LogP contribution in [0.5, 0.6) is 11.5 Å². The highest BCUT2D eigenvalue weighted by atomic mass is 16.5. The molecule has 0 unspecified atom stereocenters. The van der Waals surface area contributed by atoms with Crippen molar-refractivity contribution in [3.63, 3.8) is 0 Å². The summed E-state index contributed by atoms with van der Waals surface area (Å²) in [7, 11) is 4.03. The van der Waals surface area contributed by atoms with Crippen LogP contribution in [0.2, 0.25) is 0 Å². The largest absolute Gasteiger partial charge is 0.490 e. The van der Waals surface area contributed by atoms with Crippen LogP contribution in [0.3, 0.4) is 0 Å². The molecule has 0 aliphatic carbocycles. The number of nitrogens with one attached hydrogen (secondary N) is 1. The molecule has 128 valence electrons. The summed E-state index contributed by atoms with van der Waals surface area (Å²) in [6.45, 7) is 6.66. The van der Waals surface area contributed by atoms with Gasteiger partial charge in [0.05, 0.1) is 13.2 Å². The molecular formula is C18H28N2O3. The standard InChI is InChI=1S/C18H28N2O3/c1-5-22-16-10-8-15(14-17(16)23-6-2)9-11-18(21)19-12-7-13-20(3)4/h8-11,14H,5-7,12-13H2,1-4H3,(H,19,21). The highest BCUT2D eigenvalue weighted by Crippen LogP contribution is 2.28. The molecule has 1 rings (SSSR count). The molecule has 0 saturated carbocycles. The maximum atomic E-state index is 11.8. The van der Waals surface area contributed by atoms with Crippen LogP contribution in [0.1, 0.15) is 25.8 Å². The molecule has 0 aliphatic rings. The molecule has 0 radical (unpaired) electrons. The molecular weight excluding hydrogens is 292 g/mol. The summed E-state index contributed by atoms with van der Waals surface area (Å²) in [5.41, 5.74) is 0.903. The molecule has 1 aromatic rings. The van der Waals surface area contributed by atoms with Crippen LogP contribution in [0.15, 0.2) is 24.3 Å². The van der Waals surface area contributed by atoms with Gasteiger partial charge in [-0.1, -0.05) is 6.07 Å². The topological polar surface area (TPSA) is 50.8 Å². The Hall–Kier alpha value is -2.01. The van der Waals surface area contributed by atoms with Crippen molar-refractivity contribution < 1.29 is 14.3 Å². The van der Waals surface area contributed by atoms with E-state index >= 15 is 0 Å². The van der Waals surface area contributed by atoms with Crippen LogP contribution in [0.25, 0.3) is 6.08 Å². The average Bonchev–Trinajstić information content (AvgIpc) is 2.52. The molecule has 0 bridgehead atoms. The van der Waals surface area contributed by atoms with Crippen LogP contribution < -0.4 is 14.8 Å². The second-order valence-electron chi connectivity index (χ2n) is 5.35. The van der Waals surface area contributed by atoms with Gasteiger partial charge in [0.1, 0.15) is 0 Å². The predicted molar refractivity (Wildman–Crippen MR) is 94.0 cm³/mol. The third-order valence-electron chi connectivity index (χ3n) is 3.08. The molecule has 1 amide bonds. The Bertz CT molecular complexity index is 513. The van der Waals surface area contributed by atoms with Gasteiger partial charge in [-0.2, -0.15) is 0 Å². The zero-order valence-corrected chi connectivity index (χ0v) is 14.6. The van der Waals surface area contributed by atoms with Crippen molar-refractivity contribution in [2.24, 2.45) is 0 Å². The molecule has 1 aromatic carbocycles. The fourth-order valence-electron chi connectivity index (χ4n) is 2.01. The van der Waals surface area contributed by atoms with E-state index in [-0.39, 0.29) is 5.91 Å². The first kappa shape index (κ1) is 19.0. The number of nitrogens with zero attached hydrogens (tertiary/aromatic N) is 1. The summed E-state index contributed by atoms with van der Waals surface area (Å²) in [4.78, 5) is 13.9. The van der Waals surface area contributed by atoms with Crippen LogP contribution in [-0.2, 0) is 4.79 Å². The highest BCUT2D eigenvalue weighted by molar-refractivity contribution is 5.91. The normalized spacial score (nSPS) is 11.0. The number of amides is 1. The monoisotopic (exact) mass is 320 g/mol. The Morgan fingerprint density at radius 1 is 1.17 bits per heavy atom. The summed E-state index contributed by atoms with van der Waals surface area (Å²) < 4.78 is 11.1. The van der Waals surface area contributed by atoms with E-state index in [9.17, 15) is 4.79 Å². The van der Waals surface area contributed by atoms with Gasteiger partial charge in [-0.25, -0.2) is 0 Å². The molecule has 23 heavy (non-hydrogen) atoms. The number of carbonyl (C=O) groups is 1. The molecule has 1 N–H and O–H groups in total. The van der Waals surface area contributed by atoms with Gasteiger partial charge in [0.15, 0.2) is 11.5 Å². The van der Waals surface area contributed by atoms with Gasteiger partial charge >= 0.3 is 0 Å². The van der Waals surface area contributed by atoms with Crippen molar-refractivity contribution >= 4 is 12.0 Å². The zero-order chi connectivity index (χ0) is 17.1. The van der Waals surface area contributed by atoms with E-state index in [1.807, 2.05) is 46.1 Å². The van der Waals surface area contributed by atoms with Gasteiger partial charge in [-0.05, 0) is 64.7 Å². The van der Waals surface area contributed by atoms with Crippen LogP contribution >= 0.6 is 0 Å². The number of ether oxygens (including phenoxy) is 2. The fourth-order valence-corrected chi connectivity index (χ4v) is 2.01. The van der Waals surface area contributed by atoms with E-state index < -0.39 is 0 Å². The summed E-state index contributed by atoms with van der Waals surface area (Å²) in [6, 6.07) is 5.65. The zero-order valence-electron chi connectivity index (χ0n) is 14.6. The van der Waals surface area contributed by atoms with Gasteiger partial charge < -0.3 is 19.7 Å². The molecule has 0 fully saturated rings. The molecule has 0 spiro atoms. The lowest BCUT2D eigenvalue weighted by Gasteiger charge is -2.11. The molecule has 0 aromatic heterocycles. The van der Waals surface area contributed by atoms with Crippen molar-refractivity contribution in [1.29, 1.82) is 0 Å². The molecule has 0 saturated heterocycles. The van der Waals surface area contributed by atoms with Crippen LogP contribution in [-0.4, -0.2) is 51.2 Å². The van der Waals surface area contributed by atoms with E-state index in [2.05, 4.69) is 10.2 Å². The number of benzene rings is 1. The van der Waals surface area contributed by atoms with E-state index in [0.29, 0.717) is 25.5 Å². The molecule has 0 atom stereocenters. The first-order chi connectivity index (χ1) is 11.1. The van der Waals surface area contributed by atoms with Gasteiger partial charge in [-0.3, -0.25) is 4.79 Å². The Kier molecular flexibility index (Phi) is 8.83. The Morgan fingerprint density at radius 2 is 1.87 bits per heavy atom. The summed E-state index contributed by atoms with van der Waals surface area (Å²) >= 11 is 0. The number of carbonyl (C=O) groups excluding carboxylic acids is 1. The SMILES string of the molecule is CCOc1ccc(C=CC(=O)NCCCN(C)C)cc1OCC. The average molecular weight is 320 g/mol. The number of hydrogen-bond donors (Lipinski definition) is 1. The minimum atomic E-state index is -0.0874. The second-order valence-corrected chi connectivity index (χ2v) is 5.35. The smallest absolute Gasteiger partial charge is 0.243 e. The third-order valence-corrected chi connectivity index (χ3v) is 3.08. The van der Waals surface area contributed by atoms with Gasteiger partial charge in [0, 0.05) is 12.6 Å². The summed E-state index contributed by atoms with van der Waals surface area (Å²) in [6.07, 6.45) is 4.25. The third kappa shape index (κ3) is 7.70. The van der Waals surface area contributed by atoms with Crippen molar-refractivity contribution in [2.75, 3.05) is 40.4 Å². The van der Waals surface area contributed by atoms with Crippen molar-refractivity contribution in [2.45, 2.75) is 20.3 Å². The van der Waals surface area contributed by atoms with Gasteiger partial charge in [0.25, 0.3) is 0 Å². The summed E-state index contributed by atoms with van der Waals surface area (Å²) in [5.74, 6) is 1.33. The molecule has 0 heterocycles. The highest BCUT2D eigenvalue weighted by Gasteiger charge is 2.05. The van der Waals surface area contributed by atoms with E-state index in [0.717, 1.165) is 24.3 Å². The van der Waals surface area contributed by atoms with Gasteiger partial charge in [-0.15, -0.1) is 0 Å². The van der Waals surface area contributed by atoms with Gasteiger partial charge in [0.2, 0.25) is 5.91 Å². The second kappa shape index (κ2) is 10.7. The molecule has 5 nitrogen and oxygen atoms in total. The van der Waals surface area contributed by atoms with E-state index in [1.165, 1.54) is 0 Å². The quantitative estimate of drug-likeness (QED) is 0.532. The molecule has 0 aliphatic heterocycles. The maximum absolute atomic E-state index is 11.8. The predicted octanol–water partition coefficient (Wildman–Crippen LogP) is 2.57. The lowest BCUT2D eigenvalue weighted by atomic mass is 10.2. The molecule has 5 heteroatoms. The lowest BCUT2D eigenvalue weighted by molar-refractivity contribution is -0.116. The maximum Gasteiger partial charge on any atom is 0.243 e. The minimum absolute atomic E-state index is 0.0874. The number of rotatable bonds is 10. The Balaban J connectivity index is 2.58.